The molecule has 2 rings (SSSR count). The number of hydrogen-bond donors (Lipinski definition) is 2. The number of halogens is 1. The first-order valence-electron chi connectivity index (χ1n) is 5.45. The second-order valence-electron chi connectivity index (χ2n) is 4.29. The van der Waals surface area contributed by atoms with Crippen LogP contribution in [0.1, 0.15) is 36.4 Å². The maximum atomic E-state index is 5.67. The third kappa shape index (κ3) is 2.10. The van der Waals surface area contributed by atoms with E-state index in [0.29, 0.717) is 12.0 Å². The zero-order valence-electron chi connectivity index (χ0n) is 8.96. The van der Waals surface area contributed by atoms with E-state index >= 15 is 0 Å². The van der Waals surface area contributed by atoms with E-state index in [4.69, 9.17) is 5.84 Å². The summed E-state index contributed by atoms with van der Waals surface area (Å²) in [4.78, 5) is 0. The largest absolute Gasteiger partial charge is 0.271 e. The van der Waals surface area contributed by atoms with Gasteiger partial charge in [-0.1, -0.05) is 34.5 Å². The van der Waals surface area contributed by atoms with Gasteiger partial charge in [0.15, 0.2) is 0 Å². The first-order chi connectivity index (χ1) is 7.24. The van der Waals surface area contributed by atoms with Gasteiger partial charge in [-0.25, -0.2) is 0 Å². The molecule has 2 nitrogen and oxygen atoms in total. The lowest BCUT2D eigenvalue weighted by Gasteiger charge is -2.34. The molecule has 1 fully saturated rings. The topological polar surface area (TPSA) is 38.0 Å². The van der Waals surface area contributed by atoms with Crippen LogP contribution in [0.25, 0.3) is 0 Å². The Hall–Kier alpha value is -0.380. The summed E-state index contributed by atoms with van der Waals surface area (Å²) in [6.45, 7) is 2.14. The molecule has 1 atom stereocenters. The summed E-state index contributed by atoms with van der Waals surface area (Å²) in [6.07, 6.45) is 3.93. The van der Waals surface area contributed by atoms with Crippen LogP contribution >= 0.6 is 15.9 Å². The summed E-state index contributed by atoms with van der Waals surface area (Å²) >= 11 is 3.56. The number of rotatable bonds is 3. The number of hydrogen-bond acceptors (Lipinski definition) is 2. The van der Waals surface area contributed by atoms with Crippen LogP contribution in [0, 0.1) is 12.8 Å². The second-order valence-corrected chi connectivity index (χ2v) is 5.14. The van der Waals surface area contributed by atoms with Gasteiger partial charge in [-0.2, -0.15) is 0 Å². The molecule has 1 aromatic rings. The zero-order chi connectivity index (χ0) is 10.8. The minimum Gasteiger partial charge on any atom is -0.271 e. The van der Waals surface area contributed by atoms with Crippen molar-refractivity contribution < 1.29 is 0 Å². The summed E-state index contributed by atoms with van der Waals surface area (Å²) in [5, 5.41) is 0. The normalized spacial score (nSPS) is 18.6. The molecule has 0 spiro atoms. The molecule has 15 heavy (non-hydrogen) atoms. The van der Waals surface area contributed by atoms with Gasteiger partial charge in [0, 0.05) is 10.5 Å². The fourth-order valence-corrected chi connectivity index (χ4v) is 2.60. The van der Waals surface area contributed by atoms with Crippen molar-refractivity contribution in [3.63, 3.8) is 0 Å². The van der Waals surface area contributed by atoms with Crippen LogP contribution in [0.5, 0.6) is 0 Å². The van der Waals surface area contributed by atoms with Crippen molar-refractivity contribution in [2.75, 3.05) is 0 Å². The van der Waals surface area contributed by atoms with E-state index in [0.717, 1.165) is 0 Å². The maximum Gasteiger partial charge on any atom is 0.0491 e. The predicted octanol–water partition coefficient (Wildman–Crippen LogP) is 3.06. The molecule has 0 aliphatic heterocycles. The lowest BCUT2D eigenvalue weighted by molar-refractivity contribution is 0.231. The maximum absolute atomic E-state index is 5.67. The molecule has 0 saturated heterocycles. The molecule has 0 radical (unpaired) electrons. The molecule has 0 amide bonds. The van der Waals surface area contributed by atoms with Crippen LogP contribution in [0.15, 0.2) is 22.7 Å². The first kappa shape index (κ1) is 11.1. The van der Waals surface area contributed by atoms with E-state index in [1.54, 1.807) is 0 Å². The molecule has 82 valence electrons. The number of hydrazine groups is 1. The van der Waals surface area contributed by atoms with Gasteiger partial charge in [0.1, 0.15) is 0 Å². The summed E-state index contributed by atoms with van der Waals surface area (Å²) in [6, 6.07) is 6.64. The molecule has 1 aliphatic carbocycles. The Morgan fingerprint density at radius 3 is 2.73 bits per heavy atom. The first-order valence-corrected chi connectivity index (χ1v) is 6.24. The third-order valence-electron chi connectivity index (χ3n) is 3.45. The minimum absolute atomic E-state index is 0.316. The molecule has 1 saturated carbocycles. The van der Waals surface area contributed by atoms with Gasteiger partial charge in [-0.05, 0) is 42.9 Å². The highest BCUT2D eigenvalue weighted by atomic mass is 79.9. The van der Waals surface area contributed by atoms with Crippen LogP contribution < -0.4 is 11.3 Å². The second kappa shape index (κ2) is 4.64. The molecule has 1 unspecified atom stereocenters. The van der Waals surface area contributed by atoms with Gasteiger partial charge < -0.3 is 0 Å². The van der Waals surface area contributed by atoms with Crippen molar-refractivity contribution in [1.29, 1.82) is 0 Å². The molecular weight excluding hydrogens is 252 g/mol. The Balaban J connectivity index is 2.29. The monoisotopic (exact) mass is 268 g/mol. The van der Waals surface area contributed by atoms with Crippen LogP contribution in [-0.2, 0) is 0 Å². The molecule has 0 bridgehead atoms. The smallest absolute Gasteiger partial charge is 0.0491 e. The van der Waals surface area contributed by atoms with Gasteiger partial charge in [0.25, 0.3) is 0 Å². The molecule has 3 N–H and O–H groups in total. The summed E-state index contributed by atoms with van der Waals surface area (Å²) in [7, 11) is 0. The minimum atomic E-state index is 0.316. The van der Waals surface area contributed by atoms with Gasteiger partial charge >= 0.3 is 0 Å². The zero-order valence-corrected chi connectivity index (χ0v) is 10.5. The van der Waals surface area contributed by atoms with Crippen molar-refractivity contribution >= 4 is 15.9 Å². The van der Waals surface area contributed by atoms with Crippen LogP contribution in [0.3, 0.4) is 0 Å². The van der Waals surface area contributed by atoms with Gasteiger partial charge in [0.2, 0.25) is 0 Å². The van der Waals surface area contributed by atoms with Crippen LogP contribution in [-0.4, -0.2) is 0 Å². The van der Waals surface area contributed by atoms with E-state index in [2.05, 4.69) is 46.5 Å². The summed E-state index contributed by atoms with van der Waals surface area (Å²) < 4.78 is 1.17. The summed E-state index contributed by atoms with van der Waals surface area (Å²) in [5.74, 6) is 6.38. The average Bonchev–Trinajstić information content (AvgIpc) is 2.16. The lowest BCUT2D eigenvalue weighted by atomic mass is 9.76. The Labute approximate surface area is 99.3 Å². The lowest BCUT2D eigenvalue weighted by Crippen LogP contribution is -2.36. The fourth-order valence-electron chi connectivity index (χ4n) is 2.21. The Bertz CT molecular complexity index is 347. The van der Waals surface area contributed by atoms with Crippen molar-refractivity contribution in [3.05, 3.63) is 33.8 Å². The molecule has 1 aromatic carbocycles. The highest BCUT2D eigenvalue weighted by molar-refractivity contribution is 9.10. The van der Waals surface area contributed by atoms with Gasteiger partial charge in [-0.15, -0.1) is 0 Å². The Kier molecular flexibility index (Phi) is 3.44. The average molecular weight is 269 g/mol. The van der Waals surface area contributed by atoms with Crippen molar-refractivity contribution in [2.24, 2.45) is 11.8 Å². The number of nitrogens with two attached hydrogens (primary N) is 1. The van der Waals surface area contributed by atoms with Crippen molar-refractivity contribution in [1.82, 2.24) is 5.43 Å². The van der Waals surface area contributed by atoms with Crippen molar-refractivity contribution in [2.45, 2.75) is 32.2 Å². The van der Waals surface area contributed by atoms with E-state index < -0.39 is 0 Å². The summed E-state index contributed by atoms with van der Waals surface area (Å²) in [5.41, 5.74) is 5.60. The Morgan fingerprint density at radius 1 is 1.47 bits per heavy atom. The fraction of sp³-hybridized carbons (Fsp3) is 0.500. The predicted molar refractivity (Wildman–Crippen MR) is 66.3 cm³/mol. The van der Waals surface area contributed by atoms with E-state index in [9.17, 15) is 0 Å². The quantitative estimate of drug-likeness (QED) is 0.653. The van der Waals surface area contributed by atoms with Gasteiger partial charge in [-0.3, -0.25) is 11.3 Å². The highest BCUT2D eigenvalue weighted by Gasteiger charge is 2.28. The van der Waals surface area contributed by atoms with E-state index in [-0.39, 0.29) is 0 Å². The standard InChI is InChI=1S/C12H17BrN2/c1-8-10(6-3-7-11(8)13)12(15-14)9-4-2-5-9/h3,6-7,9,12,15H,2,4-5,14H2,1H3. The molecule has 3 heteroatoms. The molecule has 1 aliphatic rings. The molecule has 0 heterocycles. The third-order valence-corrected chi connectivity index (χ3v) is 4.30. The Morgan fingerprint density at radius 2 is 2.20 bits per heavy atom. The number of nitrogens with one attached hydrogen (secondary N) is 1. The van der Waals surface area contributed by atoms with Crippen LogP contribution in [0.4, 0.5) is 0 Å². The van der Waals surface area contributed by atoms with E-state index in [1.807, 2.05) is 0 Å². The van der Waals surface area contributed by atoms with Crippen LogP contribution in [0.2, 0.25) is 0 Å². The highest BCUT2D eigenvalue weighted by Crippen LogP contribution is 2.39. The molecule has 0 aromatic heterocycles. The SMILES string of the molecule is Cc1c(Br)cccc1C(NN)C1CCC1. The van der Waals surface area contributed by atoms with Gasteiger partial charge in [0.05, 0.1) is 0 Å². The number of benzene rings is 1. The van der Waals surface area contributed by atoms with Crippen molar-refractivity contribution in [3.8, 4) is 0 Å². The molecular formula is C12H17BrN2. The van der Waals surface area contributed by atoms with E-state index in [1.165, 1.54) is 34.9 Å².